The van der Waals surface area contributed by atoms with E-state index >= 15 is 0 Å². The average molecular weight is 324 g/mol. The Labute approximate surface area is 119 Å². The molecule has 0 saturated carbocycles. The molecule has 0 aliphatic carbocycles. The standard InChI is InChI=1S/C14H18BrNOSi/c1-5-10-14(11-16,17-18(2,3)4)12-8-6-7-9-13(12)15/h5-9H,1,10H2,2-4H3/t14-/m0/s1. The number of rotatable bonds is 5. The van der Waals surface area contributed by atoms with Crippen LogP contribution in [0.25, 0.3) is 0 Å². The van der Waals surface area contributed by atoms with Gasteiger partial charge in [-0.15, -0.1) is 6.58 Å². The van der Waals surface area contributed by atoms with Gasteiger partial charge in [0.1, 0.15) is 6.07 Å². The Kier molecular flexibility index (Phi) is 4.91. The Bertz CT molecular complexity index is 475. The molecule has 1 aromatic carbocycles. The Hall–Kier alpha value is -0.893. The van der Waals surface area contributed by atoms with Gasteiger partial charge in [-0.2, -0.15) is 5.26 Å². The lowest BCUT2D eigenvalue weighted by Gasteiger charge is -2.34. The lowest BCUT2D eigenvalue weighted by molar-refractivity contribution is 0.122. The van der Waals surface area contributed by atoms with E-state index in [1.54, 1.807) is 6.08 Å². The van der Waals surface area contributed by atoms with E-state index in [0.29, 0.717) is 6.42 Å². The zero-order chi connectivity index (χ0) is 13.8. The lowest BCUT2D eigenvalue weighted by atomic mass is 9.92. The van der Waals surface area contributed by atoms with E-state index in [0.717, 1.165) is 10.0 Å². The number of nitrogens with zero attached hydrogens (tertiary/aromatic N) is 1. The summed E-state index contributed by atoms with van der Waals surface area (Å²) >= 11 is 3.50. The highest BCUT2D eigenvalue weighted by Crippen LogP contribution is 2.36. The quantitative estimate of drug-likeness (QED) is 0.586. The fourth-order valence-electron chi connectivity index (χ4n) is 1.85. The SMILES string of the molecule is C=CC[C@@](C#N)(O[Si](C)(C)C)c1ccccc1Br. The maximum absolute atomic E-state index is 9.63. The molecule has 1 rings (SSSR count). The molecular weight excluding hydrogens is 306 g/mol. The lowest BCUT2D eigenvalue weighted by Crippen LogP contribution is -2.39. The van der Waals surface area contributed by atoms with Gasteiger partial charge in [0.05, 0.1) is 0 Å². The van der Waals surface area contributed by atoms with Crippen molar-refractivity contribution in [1.82, 2.24) is 0 Å². The van der Waals surface area contributed by atoms with Gasteiger partial charge >= 0.3 is 0 Å². The summed E-state index contributed by atoms with van der Waals surface area (Å²) in [4.78, 5) is 0. The van der Waals surface area contributed by atoms with Crippen LogP contribution in [0.5, 0.6) is 0 Å². The first-order chi connectivity index (χ1) is 8.34. The van der Waals surface area contributed by atoms with E-state index in [9.17, 15) is 5.26 Å². The Morgan fingerprint density at radius 3 is 2.50 bits per heavy atom. The molecule has 0 radical (unpaired) electrons. The van der Waals surface area contributed by atoms with Crippen molar-refractivity contribution in [3.63, 3.8) is 0 Å². The van der Waals surface area contributed by atoms with Gasteiger partial charge in [-0.05, 0) is 25.7 Å². The number of benzene rings is 1. The molecule has 96 valence electrons. The van der Waals surface area contributed by atoms with Crippen molar-refractivity contribution in [3.05, 3.63) is 47.0 Å². The number of halogens is 1. The van der Waals surface area contributed by atoms with Crippen LogP contribution in [0, 0.1) is 11.3 Å². The summed E-state index contributed by atoms with van der Waals surface area (Å²) in [5.74, 6) is 0. The van der Waals surface area contributed by atoms with Crippen LogP contribution in [-0.4, -0.2) is 8.32 Å². The molecule has 4 heteroatoms. The van der Waals surface area contributed by atoms with Crippen LogP contribution < -0.4 is 0 Å². The molecule has 0 fully saturated rings. The van der Waals surface area contributed by atoms with Gasteiger partial charge in [0, 0.05) is 16.5 Å². The van der Waals surface area contributed by atoms with Gasteiger partial charge in [0.15, 0.2) is 13.9 Å². The molecule has 0 heterocycles. The van der Waals surface area contributed by atoms with Gasteiger partial charge < -0.3 is 4.43 Å². The predicted molar refractivity (Wildman–Crippen MR) is 80.7 cm³/mol. The highest BCUT2D eigenvalue weighted by Gasteiger charge is 2.38. The molecule has 0 amide bonds. The molecule has 0 aliphatic heterocycles. The second kappa shape index (κ2) is 5.83. The van der Waals surface area contributed by atoms with Crippen molar-refractivity contribution in [3.8, 4) is 6.07 Å². The molecule has 0 bridgehead atoms. The normalized spacial score (nSPS) is 14.6. The Morgan fingerprint density at radius 2 is 2.06 bits per heavy atom. The minimum atomic E-state index is -1.85. The summed E-state index contributed by atoms with van der Waals surface area (Å²) in [6.07, 6.45) is 2.22. The van der Waals surface area contributed by atoms with Crippen molar-refractivity contribution in [2.24, 2.45) is 0 Å². The van der Waals surface area contributed by atoms with Gasteiger partial charge in [-0.3, -0.25) is 0 Å². The summed E-state index contributed by atoms with van der Waals surface area (Å²) in [5, 5.41) is 9.63. The molecule has 0 unspecified atom stereocenters. The van der Waals surface area contributed by atoms with Crippen molar-refractivity contribution >= 4 is 24.2 Å². The second-order valence-electron chi connectivity index (χ2n) is 5.13. The number of hydrogen-bond acceptors (Lipinski definition) is 2. The van der Waals surface area contributed by atoms with Crippen LogP contribution in [0.4, 0.5) is 0 Å². The summed E-state index contributed by atoms with van der Waals surface area (Å²) in [6.45, 7) is 9.99. The average Bonchev–Trinajstić information content (AvgIpc) is 2.27. The van der Waals surface area contributed by atoms with Crippen LogP contribution in [0.15, 0.2) is 41.4 Å². The first kappa shape index (κ1) is 15.2. The fraction of sp³-hybridized carbons (Fsp3) is 0.357. The summed E-state index contributed by atoms with van der Waals surface area (Å²) < 4.78 is 7.05. The molecule has 0 N–H and O–H groups in total. The van der Waals surface area contributed by atoms with Crippen molar-refractivity contribution < 1.29 is 4.43 Å². The van der Waals surface area contributed by atoms with Crippen molar-refractivity contribution in [2.45, 2.75) is 31.7 Å². The van der Waals surface area contributed by atoms with E-state index in [1.165, 1.54) is 0 Å². The molecule has 0 spiro atoms. The summed E-state index contributed by atoms with van der Waals surface area (Å²) in [7, 11) is -1.85. The maximum atomic E-state index is 9.63. The third-order valence-electron chi connectivity index (χ3n) is 2.40. The molecular formula is C14H18BrNOSi. The molecule has 0 aromatic heterocycles. The fourth-order valence-corrected chi connectivity index (χ4v) is 3.74. The third kappa shape index (κ3) is 3.55. The van der Waals surface area contributed by atoms with E-state index in [2.05, 4.69) is 48.2 Å². The minimum absolute atomic E-state index is 0.483. The maximum Gasteiger partial charge on any atom is 0.186 e. The highest BCUT2D eigenvalue weighted by molar-refractivity contribution is 9.10. The Balaban J connectivity index is 3.33. The van der Waals surface area contributed by atoms with Gasteiger partial charge in [-0.25, -0.2) is 0 Å². The molecule has 0 aliphatic rings. The van der Waals surface area contributed by atoms with Gasteiger partial charge in [0.25, 0.3) is 0 Å². The molecule has 18 heavy (non-hydrogen) atoms. The van der Waals surface area contributed by atoms with E-state index in [1.807, 2.05) is 24.3 Å². The van der Waals surface area contributed by atoms with Gasteiger partial charge in [0.2, 0.25) is 0 Å². The van der Waals surface area contributed by atoms with Crippen LogP contribution in [0.3, 0.4) is 0 Å². The van der Waals surface area contributed by atoms with E-state index in [4.69, 9.17) is 4.43 Å². The zero-order valence-electron chi connectivity index (χ0n) is 11.0. The number of hydrogen-bond donors (Lipinski definition) is 0. The van der Waals surface area contributed by atoms with E-state index in [-0.39, 0.29) is 0 Å². The number of nitriles is 1. The molecule has 0 saturated heterocycles. The highest BCUT2D eigenvalue weighted by atomic mass is 79.9. The minimum Gasteiger partial charge on any atom is -0.396 e. The smallest absolute Gasteiger partial charge is 0.186 e. The topological polar surface area (TPSA) is 33.0 Å². The van der Waals surface area contributed by atoms with Crippen molar-refractivity contribution in [1.29, 1.82) is 5.26 Å². The van der Waals surface area contributed by atoms with Crippen molar-refractivity contribution in [2.75, 3.05) is 0 Å². The summed E-state index contributed by atoms with van der Waals surface area (Å²) in [5.41, 5.74) is -0.0680. The van der Waals surface area contributed by atoms with E-state index < -0.39 is 13.9 Å². The predicted octanol–water partition coefficient (Wildman–Crippen LogP) is 4.60. The molecule has 1 atom stereocenters. The third-order valence-corrected chi connectivity index (χ3v) is 4.05. The Morgan fingerprint density at radius 1 is 1.44 bits per heavy atom. The van der Waals surface area contributed by atoms with Crippen LogP contribution in [0.1, 0.15) is 12.0 Å². The summed E-state index contributed by atoms with van der Waals surface area (Å²) in [6, 6.07) is 10.0. The molecule has 2 nitrogen and oxygen atoms in total. The van der Waals surface area contributed by atoms with Gasteiger partial charge in [-0.1, -0.05) is 40.2 Å². The first-order valence-electron chi connectivity index (χ1n) is 5.82. The first-order valence-corrected chi connectivity index (χ1v) is 10.0. The van der Waals surface area contributed by atoms with Crippen LogP contribution in [-0.2, 0) is 10.0 Å². The largest absolute Gasteiger partial charge is 0.396 e. The second-order valence-corrected chi connectivity index (χ2v) is 10.4. The van der Waals surface area contributed by atoms with Crippen LogP contribution >= 0.6 is 15.9 Å². The molecule has 1 aromatic rings. The van der Waals surface area contributed by atoms with Crippen LogP contribution in [0.2, 0.25) is 19.6 Å². The monoisotopic (exact) mass is 323 g/mol. The zero-order valence-corrected chi connectivity index (χ0v) is 13.6.